The van der Waals surface area contributed by atoms with Gasteiger partial charge in [0.05, 0.1) is 0 Å². The van der Waals surface area contributed by atoms with Crippen molar-refractivity contribution in [2.24, 2.45) is 0 Å². The van der Waals surface area contributed by atoms with Gasteiger partial charge in [-0.1, -0.05) is 44.9 Å². The van der Waals surface area contributed by atoms with Crippen molar-refractivity contribution in [1.29, 1.82) is 0 Å². The molecule has 146 valence electrons. The van der Waals surface area contributed by atoms with E-state index in [1.165, 1.54) is 67.5 Å². The monoisotopic (exact) mass is 386 g/mol. The lowest BCUT2D eigenvalue weighted by molar-refractivity contribution is 0.122. The van der Waals surface area contributed by atoms with Gasteiger partial charge in [0.25, 0.3) is 0 Å². The second-order valence-electron chi connectivity index (χ2n) is 6.92. The number of hydrogen-bond acceptors (Lipinski definition) is 4. The summed E-state index contributed by atoms with van der Waals surface area (Å²) < 4.78 is 16.4. The number of hydrogen-bond donors (Lipinski definition) is 0. The van der Waals surface area contributed by atoms with Crippen molar-refractivity contribution in [3.8, 4) is 0 Å². The second kappa shape index (κ2) is 13.0. The Morgan fingerprint density at radius 1 is 0.760 bits per heavy atom. The van der Waals surface area contributed by atoms with Gasteiger partial charge < -0.3 is 13.3 Å². The summed E-state index contributed by atoms with van der Waals surface area (Å²) >= 11 is 1.94. The summed E-state index contributed by atoms with van der Waals surface area (Å²) in [7, 11) is 2.75. The molecule has 0 aliphatic rings. The zero-order valence-corrected chi connectivity index (χ0v) is 18.8. The van der Waals surface area contributed by atoms with Gasteiger partial charge in [-0.15, -0.1) is 11.3 Å². The highest BCUT2D eigenvalue weighted by atomic mass is 32.1. The first-order valence-electron chi connectivity index (χ1n) is 9.78. The average Bonchev–Trinajstić information content (AvgIpc) is 2.94. The van der Waals surface area contributed by atoms with Crippen LogP contribution in [0, 0.1) is 13.8 Å². The minimum Gasteiger partial charge on any atom is -0.377 e. The fourth-order valence-corrected chi connectivity index (χ4v) is 6.15. The Morgan fingerprint density at radius 3 is 1.68 bits per heavy atom. The molecule has 1 aromatic rings. The van der Waals surface area contributed by atoms with Crippen LogP contribution in [0.25, 0.3) is 0 Å². The molecule has 0 atom stereocenters. The van der Waals surface area contributed by atoms with Gasteiger partial charge >= 0.3 is 8.80 Å². The van der Waals surface area contributed by atoms with Crippen LogP contribution < -0.4 is 0 Å². The molecule has 0 N–H and O–H groups in total. The van der Waals surface area contributed by atoms with Crippen LogP contribution in [-0.2, 0) is 19.7 Å². The van der Waals surface area contributed by atoms with E-state index in [0.29, 0.717) is 0 Å². The highest BCUT2D eigenvalue weighted by molar-refractivity contribution is 7.12. The standard InChI is InChI=1S/C20H38O3SSi/c1-18-17-20(19(2)24-18)15-13-11-9-7-6-8-10-12-14-16-25(21-3,22-4)23-5/h17H,6-16H2,1-5H3. The van der Waals surface area contributed by atoms with Crippen molar-refractivity contribution in [3.63, 3.8) is 0 Å². The lowest BCUT2D eigenvalue weighted by Gasteiger charge is -2.24. The maximum Gasteiger partial charge on any atom is 0.500 e. The van der Waals surface area contributed by atoms with E-state index in [-0.39, 0.29) is 0 Å². The molecule has 1 aromatic heterocycles. The van der Waals surface area contributed by atoms with Gasteiger partial charge in [-0.05, 0) is 44.7 Å². The van der Waals surface area contributed by atoms with Gasteiger partial charge in [-0.2, -0.15) is 0 Å². The molecule has 0 saturated heterocycles. The number of aryl methyl sites for hydroxylation is 3. The fourth-order valence-electron chi connectivity index (χ4n) is 3.38. The normalized spacial score (nSPS) is 12.0. The lowest BCUT2D eigenvalue weighted by Crippen LogP contribution is -2.42. The third kappa shape index (κ3) is 8.82. The maximum absolute atomic E-state index is 5.45. The molecule has 25 heavy (non-hydrogen) atoms. The van der Waals surface area contributed by atoms with E-state index in [1.807, 2.05) is 11.3 Å². The zero-order valence-electron chi connectivity index (χ0n) is 17.0. The molecule has 0 fully saturated rings. The minimum atomic E-state index is -2.34. The summed E-state index contributed by atoms with van der Waals surface area (Å²) in [5, 5.41) is 0. The van der Waals surface area contributed by atoms with Crippen LogP contribution in [0.5, 0.6) is 0 Å². The molecule has 1 rings (SSSR count). The summed E-state index contributed by atoms with van der Waals surface area (Å²) in [4.78, 5) is 2.97. The quantitative estimate of drug-likeness (QED) is 0.262. The fraction of sp³-hybridized carbons (Fsp3) is 0.800. The predicted octanol–water partition coefficient (Wildman–Crippen LogP) is 6.30. The van der Waals surface area contributed by atoms with Crippen molar-refractivity contribution in [2.75, 3.05) is 21.3 Å². The van der Waals surface area contributed by atoms with Crippen molar-refractivity contribution < 1.29 is 13.3 Å². The van der Waals surface area contributed by atoms with E-state index in [4.69, 9.17) is 13.3 Å². The molecule has 0 aliphatic heterocycles. The van der Waals surface area contributed by atoms with Crippen LogP contribution >= 0.6 is 11.3 Å². The molecule has 0 spiro atoms. The lowest BCUT2D eigenvalue weighted by atomic mass is 10.0. The molecular formula is C20H38O3SSi. The molecule has 0 aromatic carbocycles. The highest BCUT2D eigenvalue weighted by Gasteiger charge is 2.36. The van der Waals surface area contributed by atoms with Gasteiger partial charge in [-0.3, -0.25) is 0 Å². The zero-order chi connectivity index (χ0) is 18.5. The summed E-state index contributed by atoms with van der Waals surface area (Å²) in [6, 6.07) is 3.30. The van der Waals surface area contributed by atoms with Crippen LogP contribution in [0.4, 0.5) is 0 Å². The Balaban J connectivity index is 1.93. The van der Waals surface area contributed by atoms with E-state index < -0.39 is 8.80 Å². The van der Waals surface area contributed by atoms with E-state index in [2.05, 4.69) is 19.9 Å². The van der Waals surface area contributed by atoms with E-state index in [1.54, 1.807) is 26.9 Å². The van der Waals surface area contributed by atoms with Gasteiger partial charge in [0, 0.05) is 37.1 Å². The second-order valence-corrected chi connectivity index (χ2v) is 11.5. The van der Waals surface area contributed by atoms with Gasteiger partial charge in [0.1, 0.15) is 0 Å². The smallest absolute Gasteiger partial charge is 0.377 e. The number of unbranched alkanes of at least 4 members (excludes halogenated alkanes) is 8. The first kappa shape index (κ1) is 22.8. The largest absolute Gasteiger partial charge is 0.500 e. The topological polar surface area (TPSA) is 27.7 Å². The highest BCUT2D eigenvalue weighted by Crippen LogP contribution is 2.23. The minimum absolute atomic E-state index is 0.929. The molecule has 3 nitrogen and oxygen atoms in total. The van der Waals surface area contributed by atoms with Crippen molar-refractivity contribution in [2.45, 2.75) is 84.1 Å². The Hall–Kier alpha value is -0.203. The van der Waals surface area contributed by atoms with Gasteiger partial charge in [0.15, 0.2) is 0 Å². The predicted molar refractivity (Wildman–Crippen MR) is 111 cm³/mol. The first-order chi connectivity index (χ1) is 12.1. The van der Waals surface area contributed by atoms with Crippen LogP contribution in [0.15, 0.2) is 6.07 Å². The van der Waals surface area contributed by atoms with Gasteiger partial charge in [0.2, 0.25) is 0 Å². The molecule has 0 unspecified atom stereocenters. The Morgan fingerprint density at radius 2 is 1.24 bits per heavy atom. The molecule has 0 saturated carbocycles. The van der Waals surface area contributed by atoms with Crippen molar-refractivity contribution in [3.05, 3.63) is 21.4 Å². The molecule has 5 heteroatoms. The molecule has 0 bridgehead atoms. The Bertz CT molecular complexity index is 450. The number of rotatable bonds is 15. The van der Waals surface area contributed by atoms with Crippen LogP contribution in [0.3, 0.4) is 0 Å². The SMILES string of the molecule is CO[Si](CCCCCCCCCCCc1cc(C)sc1C)(OC)OC. The van der Waals surface area contributed by atoms with Crippen molar-refractivity contribution in [1.82, 2.24) is 0 Å². The van der Waals surface area contributed by atoms with Crippen LogP contribution in [-0.4, -0.2) is 30.1 Å². The van der Waals surface area contributed by atoms with E-state index in [9.17, 15) is 0 Å². The van der Waals surface area contributed by atoms with Crippen LogP contribution in [0.1, 0.15) is 73.1 Å². The summed E-state index contributed by atoms with van der Waals surface area (Å²) in [6.45, 7) is 4.47. The third-order valence-corrected chi connectivity index (χ3v) is 8.85. The van der Waals surface area contributed by atoms with E-state index >= 15 is 0 Å². The maximum atomic E-state index is 5.45. The molecule has 0 aliphatic carbocycles. The summed E-state index contributed by atoms with van der Waals surface area (Å²) in [5.74, 6) is 0. The van der Waals surface area contributed by atoms with E-state index in [0.717, 1.165) is 12.5 Å². The summed E-state index contributed by atoms with van der Waals surface area (Å²) in [5.41, 5.74) is 1.57. The first-order valence-corrected chi connectivity index (χ1v) is 12.5. The summed E-state index contributed by atoms with van der Waals surface area (Å²) in [6.07, 6.45) is 13.2. The Labute approximate surface area is 160 Å². The molecule has 0 radical (unpaired) electrons. The molecule has 0 amide bonds. The van der Waals surface area contributed by atoms with Gasteiger partial charge in [-0.25, -0.2) is 0 Å². The molecular weight excluding hydrogens is 348 g/mol. The third-order valence-electron chi connectivity index (χ3n) is 5.01. The Kier molecular flexibility index (Phi) is 11.9. The average molecular weight is 387 g/mol. The van der Waals surface area contributed by atoms with Crippen molar-refractivity contribution >= 4 is 20.1 Å². The van der Waals surface area contributed by atoms with Crippen LogP contribution in [0.2, 0.25) is 6.04 Å². The molecule has 1 heterocycles. The number of thiophene rings is 1.